The zero-order chi connectivity index (χ0) is 15.2. The summed E-state index contributed by atoms with van der Waals surface area (Å²) in [5.74, 6) is 3.08. The van der Waals surface area contributed by atoms with Gasteiger partial charge in [0.1, 0.15) is 13.2 Å². The van der Waals surface area contributed by atoms with E-state index in [1.54, 1.807) is 0 Å². The summed E-state index contributed by atoms with van der Waals surface area (Å²) in [6.07, 6.45) is 4.52. The predicted molar refractivity (Wildman–Crippen MR) is 83.0 cm³/mol. The fourth-order valence-electron chi connectivity index (χ4n) is 3.53. The average molecular weight is 313 g/mol. The van der Waals surface area contributed by atoms with Crippen molar-refractivity contribution in [3.8, 4) is 11.5 Å². The maximum Gasteiger partial charge on any atom is 0.324 e. The molecule has 2 aliphatic heterocycles. The quantitative estimate of drug-likeness (QED) is 0.868. The molecule has 1 aliphatic carbocycles. The van der Waals surface area contributed by atoms with E-state index in [1.165, 1.54) is 12.8 Å². The van der Waals surface area contributed by atoms with E-state index in [9.17, 15) is 0 Å². The second kappa shape index (κ2) is 5.15. The molecule has 0 amide bonds. The summed E-state index contributed by atoms with van der Waals surface area (Å²) >= 11 is 0. The Balaban J connectivity index is 1.49. The minimum absolute atomic E-state index is 0.208. The summed E-state index contributed by atoms with van der Waals surface area (Å²) in [6, 6.07) is 6.97. The van der Waals surface area contributed by atoms with Crippen LogP contribution in [-0.4, -0.2) is 29.9 Å². The van der Waals surface area contributed by atoms with Gasteiger partial charge in [0.25, 0.3) is 0 Å². The van der Waals surface area contributed by atoms with Gasteiger partial charge >= 0.3 is 6.01 Å². The Kier molecular flexibility index (Phi) is 2.96. The maximum atomic E-state index is 5.89. The molecule has 3 heterocycles. The van der Waals surface area contributed by atoms with Crippen LogP contribution in [0.2, 0.25) is 0 Å². The van der Waals surface area contributed by atoms with Crippen LogP contribution in [0.5, 0.6) is 11.5 Å². The second-order valence-corrected chi connectivity index (χ2v) is 6.43. The van der Waals surface area contributed by atoms with E-state index >= 15 is 0 Å². The van der Waals surface area contributed by atoms with Crippen molar-refractivity contribution in [2.45, 2.75) is 37.6 Å². The van der Waals surface area contributed by atoms with Crippen LogP contribution in [0.25, 0.3) is 0 Å². The van der Waals surface area contributed by atoms with Gasteiger partial charge in [-0.25, -0.2) is 0 Å². The third kappa shape index (κ3) is 2.24. The fourth-order valence-corrected chi connectivity index (χ4v) is 3.53. The highest BCUT2D eigenvalue weighted by molar-refractivity contribution is 5.52. The number of fused-ring (bicyclic) bond motifs is 1. The van der Waals surface area contributed by atoms with Crippen molar-refractivity contribution in [3.63, 3.8) is 0 Å². The third-order valence-corrected chi connectivity index (χ3v) is 4.83. The van der Waals surface area contributed by atoms with Gasteiger partial charge in [-0.3, -0.25) is 0 Å². The Bertz CT molecular complexity index is 726. The molecule has 23 heavy (non-hydrogen) atoms. The summed E-state index contributed by atoms with van der Waals surface area (Å²) in [6.45, 7) is 2.14. The van der Waals surface area contributed by atoms with Crippen LogP contribution in [0.4, 0.5) is 6.01 Å². The van der Waals surface area contributed by atoms with Gasteiger partial charge in [-0.2, -0.15) is 4.98 Å². The molecule has 6 heteroatoms. The van der Waals surface area contributed by atoms with Gasteiger partial charge in [0.2, 0.25) is 0 Å². The highest BCUT2D eigenvalue weighted by Gasteiger charge is 2.35. The molecule has 1 aromatic heterocycles. The number of anilines is 1. The van der Waals surface area contributed by atoms with Crippen molar-refractivity contribution >= 4 is 6.01 Å². The number of para-hydroxylation sites is 1. The molecule has 2 fully saturated rings. The van der Waals surface area contributed by atoms with Crippen molar-refractivity contribution in [3.05, 3.63) is 29.6 Å². The summed E-state index contributed by atoms with van der Waals surface area (Å²) < 4.78 is 17.1. The molecule has 6 nitrogen and oxygen atoms in total. The van der Waals surface area contributed by atoms with Gasteiger partial charge in [-0.05, 0) is 31.7 Å². The lowest BCUT2D eigenvalue weighted by Gasteiger charge is -2.27. The highest BCUT2D eigenvalue weighted by Crippen LogP contribution is 2.45. The molecule has 0 radical (unpaired) electrons. The Morgan fingerprint density at radius 1 is 1.09 bits per heavy atom. The first-order valence-corrected chi connectivity index (χ1v) is 8.39. The summed E-state index contributed by atoms with van der Waals surface area (Å²) in [5.41, 5.74) is 1.16. The van der Waals surface area contributed by atoms with Crippen LogP contribution >= 0.6 is 0 Å². The molecule has 1 atom stereocenters. The fraction of sp³-hybridized carbons (Fsp3) is 0.529. The molecule has 1 aromatic carbocycles. The Morgan fingerprint density at radius 2 is 2.00 bits per heavy atom. The second-order valence-electron chi connectivity index (χ2n) is 6.43. The number of ether oxygens (including phenoxy) is 2. The first-order chi connectivity index (χ1) is 11.4. The van der Waals surface area contributed by atoms with Crippen LogP contribution in [0.1, 0.15) is 49.0 Å². The first kappa shape index (κ1) is 13.2. The number of hydrogen-bond acceptors (Lipinski definition) is 6. The number of aromatic nitrogens is 2. The molecular weight excluding hydrogens is 294 g/mol. The monoisotopic (exact) mass is 313 g/mol. The van der Waals surface area contributed by atoms with Gasteiger partial charge in [0.15, 0.2) is 17.3 Å². The molecule has 0 N–H and O–H groups in total. The lowest BCUT2D eigenvalue weighted by atomic mass is 10.0. The van der Waals surface area contributed by atoms with E-state index < -0.39 is 0 Å². The van der Waals surface area contributed by atoms with E-state index in [1.807, 2.05) is 12.1 Å². The van der Waals surface area contributed by atoms with Gasteiger partial charge in [0, 0.05) is 18.0 Å². The van der Waals surface area contributed by atoms with E-state index in [0.29, 0.717) is 25.1 Å². The van der Waals surface area contributed by atoms with Crippen LogP contribution in [0.3, 0.4) is 0 Å². The Hall–Kier alpha value is -2.24. The molecule has 0 spiro atoms. The molecule has 1 saturated heterocycles. The van der Waals surface area contributed by atoms with Crippen LogP contribution in [0, 0.1) is 0 Å². The van der Waals surface area contributed by atoms with Crippen molar-refractivity contribution in [1.82, 2.24) is 10.1 Å². The lowest BCUT2D eigenvalue weighted by Crippen LogP contribution is -2.25. The number of benzene rings is 1. The maximum absolute atomic E-state index is 5.89. The van der Waals surface area contributed by atoms with Crippen molar-refractivity contribution < 1.29 is 14.0 Å². The van der Waals surface area contributed by atoms with Crippen LogP contribution < -0.4 is 14.4 Å². The lowest BCUT2D eigenvalue weighted by molar-refractivity contribution is 0.169. The minimum atomic E-state index is 0.208. The van der Waals surface area contributed by atoms with Crippen molar-refractivity contribution in [2.75, 3.05) is 24.7 Å². The minimum Gasteiger partial charge on any atom is -0.486 e. The SMILES string of the molecule is c1cc2c(c(C3CCCN3c3nc(C4CC4)no3)c1)OCCO2. The van der Waals surface area contributed by atoms with Gasteiger partial charge in [0.05, 0.1) is 6.04 Å². The molecule has 5 rings (SSSR count). The molecular formula is C17H19N3O3. The van der Waals surface area contributed by atoms with Crippen molar-refractivity contribution in [2.24, 2.45) is 0 Å². The van der Waals surface area contributed by atoms with E-state index in [0.717, 1.165) is 42.3 Å². The van der Waals surface area contributed by atoms with Gasteiger partial charge in [-0.1, -0.05) is 17.3 Å². The van der Waals surface area contributed by atoms with Gasteiger partial charge in [-0.15, -0.1) is 0 Å². The molecule has 120 valence electrons. The first-order valence-electron chi connectivity index (χ1n) is 8.39. The van der Waals surface area contributed by atoms with Crippen LogP contribution in [-0.2, 0) is 0 Å². The normalized spacial score (nSPS) is 23.3. The molecule has 2 aromatic rings. The summed E-state index contributed by atoms with van der Waals surface area (Å²) in [5, 5.41) is 4.15. The molecule has 0 bridgehead atoms. The molecule has 3 aliphatic rings. The Morgan fingerprint density at radius 3 is 2.91 bits per heavy atom. The number of rotatable bonds is 3. The van der Waals surface area contributed by atoms with E-state index in [4.69, 9.17) is 14.0 Å². The summed E-state index contributed by atoms with van der Waals surface area (Å²) in [4.78, 5) is 6.83. The topological polar surface area (TPSA) is 60.6 Å². The third-order valence-electron chi connectivity index (χ3n) is 4.83. The smallest absolute Gasteiger partial charge is 0.324 e. The molecule has 1 unspecified atom stereocenters. The zero-order valence-electron chi connectivity index (χ0n) is 12.9. The predicted octanol–water partition coefficient (Wildman–Crippen LogP) is 3.06. The van der Waals surface area contributed by atoms with E-state index in [2.05, 4.69) is 21.1 Å². The highest BCUT2D eigenvalue weighted by atomic mass is 16.6. The standard InChI is InChI=1S/C17H19N3O3/c1-3-12(15-14(5-1)21-9-10-22-15)13-4-2-8-20(13)17-18-16(19-23-17)11-6-7-11/h1,3,5,11,13H,2,4,6-10H2. The number of nitrogens with zero attached hydrogens (tertiary/aromatic N) is 3. The Labute approximate surface area is 134 Å². The van der Waals surface area contributed by atoms with E-state index in [-0.39, 0.29) is 6.04 Å². The molecule has 1 saturated carbocycles. The number of hydrogen-bond donors (Lipinski definition) is 0. The average Bonchev–Trinajstić information content (AvgIpc) is 3.13. The van der Waals surface area contributed by atoms with Crippen molar-refractivity contribution in [1.29, 1.82) is 0 Å². The summed E-state index contributed by atoms with van der Waals surface area (Å²) in [7, 11) is 0. The zero-order valence-corrected chi connectivity index (χ0v) is 12.9. The largest absolute Gasteiger partial charge is 0.486 e. The van der Waals surface area contributed by atoms with Crippen LogP contribution in [0.15, 0.2) is 22.7 Å². The van der Waals surface area contributed by atoms with Gasteiger partial charge < -0.3 is 18.9 Å².